The van der Waals surface area contributed by atoms with Crippen LogP contribution in [0.2, 0.25) is 0 Å². The van der Waals surface area contributed by atoms with Crippen molar-refractivity contribution in [2.24, 2.45) is 0 Å². The maximum atomic E-state index is 2.56. The summed E-state index contributed by atoms with van der Waals surface area (Å²) < 4.78 is 0. The predicted octanol–water partition coefficient (Wildman–Crippen LogP) is 14.1. The van der Waals surface area contributed by atoms with Crippen molar-refractivity contribution in [3.8, 4) is 33.4 Å². The highest BCUT2D eigenvalue weighted by atomic mass is 15.1. The van der Waals surface area contributed by atoms with Gasteiger partial charge in [-0.3, -0.25) is 0 Å². The van der Waals surface area contributed by atoms with Crippen molar-refractivity contribution in [2.75, 3.05) is 4.90 Å². The lowest BCUT2D eigenvalue weighted by atomic mass is 9.70. The molecule has 0 unspecified atom stereocenters. The standard InChI is InChI=1S/C54H37N/c1-53(2)45-25-13-10-20-38(45)41-29-28-37(32-48(41)53)55(36-18-4-3-5-19-36)51-33-50-52(43-24-9-8-23-42(43)51)44-30-34-16-6-7-17-35(34)31-49(44)54(50)46-26-14-11-21-39(46)40-22-12-15-27-47(40)54/h3-33H,1-2H3. The van der Waals surface area contributed by atoms with Gasteiger partial charge in [0.2, 0.25) is 0 Å². The van der Waals surface area contributed by atoms with Crippen LogP contribution >= 0.6 is 0 Å². The van der Waals surface area contributed by atoms with Crippen LogP contribution in [0.3, 0.4) is 0 Å². The molecular weight excluding hydrogens is 663 g/mol. The van der Waals surface area contributed by atoms with Gasteiger partial charge < -0.3 is 4.90 Å². The van der Waals surface area contributed by atoms with Crippen molar-refractivity contribution in [3.05, 3.63) is 221 Å². The van der Waals surface area contributed by atoms with Crippen LogP contribution in [-0.2, 0) is 10.8 Å². The number of hydrogen-bond acceptors (Lipinski definition) is 1. The first-order valence-corrected chi connectivity index (χ1v) is 19.4. The Labute approximate surface area is 321 Å². The lowest BCUT2D eigenvalue weighted by molar-refractivity contribution is 0.660. The first-order valence-electron chi connectivity index (χ1n) is 19.4. The molecule has 55 heavy (non-hydrogen) atoms. The van der Waals surface area contributed by atoms with E-state index in [1.165, 1.54) is 99.7 Å². The quantitative estimate of drug-likeness (QED) is 0.177. The van der Waals surface area contributed by atoms with E-state index in [2.05, 4.69) is 207 Å². The van der Waals surface area contributed by atoms with Crippen LogP contribution in [-0.4, -0.2) is 0 Å². The summed E-state index contributed by atoms with van der Waals surface area (Å²) in [6.45, 7) is 4.75. The molecule has 0 aliphatic heterocycles. The van der Waals surface area contributed by atoms with Crippen molar-refractivity contribution >= 4 is 38.6 Å². The third kappa shape index (κ3) is 3.92. The summed E-state index contributed by atoms with van der Waals surface area (Å²) in [4.78, 5) is 2.52. The molecule has 1 heteroatoms. The molecule has 3 aliphatic rings. The lowest BCUT2D eigenvalue weighted by Gasteiger charge is -2.33. The zero-order valence-corrected chi connectivity index (χ0v) is 30.8. The Kier molecular flexibility index (Phi) is 6.11. The second-order valence-electron chi connectivity index (χ2n) is 16.0. The van der Waals surface area contributed by atoms with Gasteiger partial charge in [-0.25, -0.2) is 0 Å². The Morgan fingerprint density at radius 2 is 0.891 bits per heavy atom. The zero-order valence-electron chi connectivity index (χ0n) is 30.8. The molecule has 0 amide bonds. The SMILES string of the molecule is CC1(C)c2ccccc2-c2ccc(N(c3ccccc3)c3cc4c(c5ccccc35)-c3cc5ccccc5cc3C43c4ccccc4-c4ccccc43)cc21. The minimum Gasteiger partial charge on any atom is -0.310 e. The van der Waals surface area contributed by atoms with Gasteiger partial charge in [-0.2, -0.15) is 0 Å². The van der Waals surface area contributed by atoms with Gasteiger partial charge in [0.25, 0.3) is 0 Å². The van der Waals surface area contributed by atoms with Crippen molar-refractivity contribution < 1.29 is 0 Å². The van der Waals surface area contributed by atoms with E-state index in [-0.39, 0.29) is 5.41 Å². The fourth-order valence-corrected chi connectivity index (χ4v) is 10.7. The van der Waals surface area contributed by atoms with Gasteiger partial charge in [-0.1, -0.05) is 159 Å². The number of para-hydroxylation sites is 1. The van der Waals surface area contributed by atoms with E-state index in [1.54, 1.807) is 0 Å². The molecule has 9 aromatic rings. The van der Waals surface area contributed by atoms with E-state index >= 15 is 0 Å². The van der Waals surface area contributed by atoms with E-state index in [0.29, 0.717) is 0 Å². The van der Waals surface area contributed by atoms with Gasteiger partial charge in [-0.15, -0.1) is 0 Å². The average Bonchev–Trinajstić information content (AvgIpc) is 3.79. The van der Waals surface area contributed by atoms with E-state index in [4.69, 9.17) is 0 Å². The van der Waals surface area contributed by atoms with E-state index in [9.17, 15) is 0 Å². The molecule has 0 N–H and O–H groups in total. The summed E-state index contributed by atoms with van der Waals surface area (Å²) in [6.07, 6.45) is 0. The monoisotopic (exact) mass is 699 g/mol. The summed E-state index contributed by atoms with van der Waals surface area (Å²) in [5.41, 5.74) is 19.1. The van der Waals surface area contributed by atoms with Crippen LogP contribution < -0.4 is 4.90 Å². The maximum Gasteiger partial charge on any atom is 0.0726 e. The molecule has 0 fully saturated rings. The number of fused-ring (bicyclic) bond motifs is 16. The summed E-state index contributed by atoms with van der Waals surface area (Å²) >= 11 is 0. The van der Waals surface area contributed by atoms with Gasteiger partial charge in [0.1, 0.15) is 0 Å². The highest BCUT2D eigenvalue weighted by molar-refractivity contribution is 6.13. The van der Waals surface area contributed by atoms with Crippen molar-refractivity contribution in [2.45, 2.75) is 24.7 Å². The van der Waals surface area contributed by atoms with Crippen LogP contribution in [0.5, 0.6) is 0 Å². The molecule has 0 radical (unpaired) electrons. The van der Waals surface area contributed by atoms with Crippen molar-refractivity contribution in [1.82, 2.24) is 0 Å². The zero-order chi connectivity index (χ0) is 36.5. The molecule has 258 valence electrons. The second kappa shape index (κ2) is 10.9. The topological polar surface area (TPSA) is 3.24 Å². The van der Waals surface area contributed by atoms with E-state index in [1.807, 2.05) is 0 Å². The van der Waals surface area contributed by atoms with Crippen LogP contribution in [0.4, 0.5) is 17.1 Å². The molecule has 1 nitrogen and oxygen atoms in total. The smallest absolute Gasteiger partial charge is 0.0726 e. The van der Waals surface area contributed by atoms with Crippen molar-refractivity contribution in [1.29, 1.82) is 0 Å². The van der Waals surface area contributed by atoms with E-state index < -0.39 is 5.41 Å². The third-order valence-corrected chi connectivity index (χ3v) is 13.0. The number of anilines is 3. The number of benzene rings is 9. The fourth-order valence-electron chi connectivity index (χ4n) is 10.7. The Hall–Kier alpha value is -6.70. The highest BCUT2D eigenvalue weighted by Crippen LogP contribution is 2.65. The normalized spacial score (nSPS) is 14.7. The Bertz CT molecular complexity index is 3030. The Morgan fingerprint density at radius 1 is 0.345 bits per heavy atom. The third-order valence-electron chi connectivity index (χ3n) is 13.0. The fraction of sp³-hybridized carbons (Fsp3) is 0.0741. The molecular formula is C54H37N. The van der Waals surface area contributed by atoms with Crippen LogP contribution in [0, 0.1) is 0 Å². The van der Waals surface area contributed by atoms with Crippen molar-refractivity contribution in [3.63, 3.8) is 0 Å². The molecule has 0 saturated carbocycles. The number of nitrogens with zero attached hydrogens (tertiary/aromatic N) is 1. The van der Waals surface area contributed by atoms with Gasteiger partial charge >= 0.3 is 0 Å². The minimum absolute atomic E-state index is 0.116. The Balaban J connectivity index is 1.21. The number of rotatable bonds is 3. The van der Waals surface area contributed by atoms with Gasteiger partial charge in [-0.05, 0) is 125 Å². The van der Waals surface area contributed by atoms with Crippen LogP contribution in [0.1, 0.15) is 47.2 Å². The maximum absolute atomic E-state index is 2.56. The first kappa shape index (κ1) is 30.7. The highest BCUT2D eigenvalue weighted by Gasteiger charge is 2.52. The van der Waals surface area contributed by atoms with Crippen LogP contribution in [0.15, 0.2) is 188 Å². The largest absolute Gasteiger partial charge is 0.310 e. The first-order chi connectivity index (χ1) is 27.0. The summed E-state index contributed by atoms with van der Waals surface area (Å²) in [5, 5.41) is 5.06. The summed E-state index contributed by atoms with van der Waals surface area (Å²) in [7, 11) is 0. The van der Waals surface area contributed by atoms with Gasteiger partial charge in [0, 0.05) is 22.2 Å². The molecule has 9 aromatic carbocycles. The second-order valence-corrected chi connectivity index (χ2v) is 16.0. The minimum atomic E-state index is -0.482. The molecule has 3 aliphatic carbocycles. The molecule has 1 spiro atoms. The molecule has 0 saturated heterocycles. The molecule has 0 atom stereocenters. The molecule has 0 bridgehead atoms. The number of hydrogen-bond donors (Lipinski definition) is 0. The predicted molar refractivity (Wildman–Crippen MR) is 230 cm³/mol. The van der Waals surface area contributed by atoms with Gasteiger partial charge in [0.05, 0.1) is 11.1 Å². The Morgan fingerprint density at radius 3 is 1.60 bits per heavy atom. The summed E-state index contributed by atoms with van der Waals surface area (Å²) in [6, 6.07) is 70.8. The van der Waals surface area contributed by atoms with E-state index in [0.717, 1.165) is 5.69 Å². The molecule has 0 heterocycles. The molecule has 12 rings (SSSR count). The van der Waals surface area contributed by atoms with Gasteiger partial charge in [0.15, 0.2) is 0 Å². The summed E-state index contributed by atoms with van der Waals surface area (Å²) in [5.74, 6) is 0. The van der Waals surface area contributed by atoms with Crippen LogP contribution in [0.25, 0.3) is 54.9 Å². The molecule has 0 aromatic heterocycles. The average molecular weight is 700 g/mol. The lowest BCUT2D eigenvalue weighted by Crippen LogP contribution is -2.26.